The minimum Gasteiger partial charge on any atom is -0.480 e. The third kappa shape index (κ3) is 2.61. The highest BCUT2D eigenvalue weighted by Gasteiger charge is 2.41. The van der Waals surface area contributed by atoms with Crippen molar-refractivity contribution in [2.45, 2.75) is 19.4 Å². The van der Waals surface area contributed by atoms with Gasteiger partial charge in [-0.2, -0.15) is 0 Å². The van der Waals surface area contributed by atoms with E-state index in [9.17, 15) is 9.59 Å². The molecule has 0 amide bonds. The molecule has 0 unspecified atom stereocenters. The van der Waals surface area contributed by atoms with Crippen LogP contribution < -0.4 is 5.32 Å². The largest absolute Gasteiger partial charge is 0.480 e. The monoisotopic (exact) mass is 227 g/mol. The number of hydrogen-bond acceptors (Lipinski definition) is 4. The van der Waals surface area contributed by atoms with Crippen molar-refractivity contribution in [1.82, 2.24) is 5.32 Å². The van der Waals surface area contributed by atoms with Crippen molar-refractivity contribution in [3.8, 4) is 0 Å². The molecule has 0 bridgehead atoms. The number of carbonyl (C=O) groups excluding carboxylic acids is 1. The van der Waals surface area contributed by atoms with E-state index in [1.54, 1.807) is 0 Å². The van der Waals surface area contributed by atoms with Crippen molar-refractivity contribution in [2.75, 3.05) is 13.7 Å². The van der Waals surface area contributed by atoms with Crippen LogP contribution in [0.4, 0.5) is 0 Å². The predicted molar refractivity (Wildman–Crippen MR) is 57.9 cm³/mol. The topological polar surface area (TPSA) is 75.6 Å². The Bertz CT molecular complexity index is 291. The minimum atomic E-state index is -0.933. The van der Waals surface area contributed by atoms with Gasteiger partial charge in [-0.05, 0) is 12.8 Å². The lowest BCUT2D eigenvalue weighted by Crippen LogP contribution is -2.37. The van der Waals surface area contributed by atoms with Crippen molar-refractivity contribution < 1.29 is 19.4 Å². The van der Waals surface area contributed by atoms with Crippen LogP contribution in [-0.4, -0.2) is 36.7 Å². The highest BCUT2D eigenvalue weighted by atomic mass is 16.5. The fourth-order valence-corrected chi connectivity index (χ4v) is 2.14. The molecular formula is C11H17NO4. The number of methoxy groups -OCH3 is 1. The van der Waals surface area contributed by atoms with Gasteiger partial charge >= 0.3 is 11.9 Å². The van der Waals surface area contributed by atoms with E-state index in [1.807, 2.05) is 6.92 Å². The van der Waals surface area contributed by atoms with Crippen LogP contribution in [0.1, 0.15) is 13.3 Å². The van der Waals surface area contributed by atoms with Gasteiger partial charge in [-0.1, -0.05) is 12.2 Å². The first-order valence-electron chi connectivity index (χ1n) is 5.15. The Labute approximate surface area is 94.5 Å². The second-order valence-electron chi connectivity index (χ2n) is 4.12. The summed E-state index contributed by atoms with van der Waals surface area (Å²) >= 11 is 0. The summed E-state index contributed by atoms with van der Waals surface area (Å²) in [5.74, 6) is -1.58. The van der Waals surface area contributed by atoms with Crippen LogP contribution in [0.15, 0.2) is 12.2 Å². The quantitative estimate of drug-likeness (QED) is 0.537. The van der Waals surface area contributed by atoms with E-state index in [-0.39, 0.29) is 24.2 Å². The van der Waals surface area contributed by atoms with Crippen molar-refractivity contribution >= 4 is 11.9 Å². The third-order valence-corrected chi connectivity index (χ3v) is 3.03. The van der Waals surface area contributed by atoms with Crippen molar-refractivity contribution in [2.24, 2.45) is 11.8 Å². The van der Waals surface area contributed by atoms with Crippen molar-refractivity contribution in [1.29, 1.82) is 0 Å². The molecule has 1 aliphatic rings. The van der Waals surface area contributed by atoms with Crippen molar-refractivity contribution in [3.63, 3.8) is 0 Å². The molecule has 1 aliphatic heterocycles. The minimum absolute atomic E-state index is 0.0141. The van der Waals surface area contributed by atoms with E-state index in [2.05, 4.69) is 16.6 Å². The van der Waals surface area contributed by atoms with E-state index >= 15 is 0 Å². The molecule has 3 atom stereocenters. The highest BCUT2D eigenvalue weighted by molar-refractivity contribution is 5.77. The number of rotatable bonds is 4. The van der Waals surface area contributed by atoms with Gasteiger partial charge in [-0.3, -0.25) is 9.59 Å². The summed E-state index contributed by atoms with van der Waals surface area (Å²) in [6.45, 7) is 6.23. The summed E-state index contributed by atoms with van der Waals surface area (Å²) in [7, 11) is 1.30. The summed E-state index contributed by atoms with van der Waals surface area (Å²) in [5.41, 5.74) is 0.894. The number of ether oxygens (including phenoxy) is 1. The molecule has 1 rings (SSSR count). The average molecular weight is 227 g/mol. The zero-order valence-electron chi connectivity index (χ0n) is 9.53. The summed E-state index contributed by atoms with van der Waals surface area (Å²) in [6, 6.07) is -0.694. The van der Waals surface area contributed by atoms with Gasteiger partial charge in [-0.25, -0.2) is 0 Å². The average Bonchev–Trinajstić information content (AvgIpc) is 2.61. The molecule has 1 fully saturated rings. The first kappa shape index (κ1) is 12.7. The Morgan fingerprint density at radius 2 is 2.19 bits per heavy atom. The zero-order chi connectivity index (χ0) is 12.3. The number of carboxylic acids is 1. The van der Waals surface area contributed by atoms with Gasteiger partial charge in [0.25, 0.3) is 0 Å². The molecule has 16 heavy (non-hydrogen) atoms. The molecule has 0 radical (unpaired) electrons. The number of nitrogens with one attached hydrogen (secondary N) is 1. The summed E-state index contributed by atoms with van der Waals surface area (Å²) < 4.78 is 4.58. The van der Waals surface area contributed by atoms with Crippen LogP contribution in [0.25, 0.3) is 0 Å². The number of carboxylic acid groups (broad SMARTS) is 1. The molecule has 0 aliphatic carbocycles. The molecule has 5 nitrogen and oxygen atoms in total. The van der Waals surface area contributed by atoms with Crippen LogP contribution in [0.2, 0.25) is 0 Å². The second-order valence-corrected chi connectivity index (χ2v) is 4.12. The van der Waals surface area contributed by atoms with E-state index in [4.69, 9.17) is 5.11 Å². The lowest BCUT2D eigenvalue weighted by Gasteiger charge is -2.20. The Hall–Kier alpha value is -1.36. The van der Waals surface area contributed by atoms with Crippen LogP contribution in [0.5, 0.6) is 0 Å². The molecule has 1 saturated heterocycles. The summed E-state index contributed by atoms with van der Waals surface area (Å²) in [4.78, 5) is 22.2. The second kappa shape index (κ2) is 5.12. The SMILES string of the molecule is C=C(C)[C@H]1CN[C@H](C(=O)O)[C@H]1CC(=O)OC. The van der Waals surface area contributed by atoms with Crippen molar-refractivity contribution in [3.05, 3.63) is 12.2 Å². The summed E-state index contributed by atoms with van der Waals surface area (Å²) in [5, 5.41) is 11.9. The molecule has 2 N–H and O–H groups in total. The van der Waals surface area contributed by atoms with E-state index in [0.717, 1.165) is 5.57 Å². The third-order valence-electron chi connectivity index (χ3n) is 3.03. The Morgan fingerprint density at radius 3 is 2.62 bits per heavy atom. The molecular weight excluding hydrogens is 210 g/mol. The molecule has 0 aromatic carbocycles. The standard InChI is InChI=1S/C11H17NO4/c1-6(2)8-5-12-10(11(14)15)7(8)4-9(13)16-3/h7-8,10,12H,1,4-5H2,2-3H3,(H,14,15)/t7-,8+,10-/m0/s1. The smallest absolute Gasteiger partial charge is 0.321 e. The number of esters is 1. The lowest BCUT2D eigenvalue weighted by atomic mass is 9.84. The van der Waals surface area contributed by atoms with E-state index < -0.39 is 12.0 Å². The predicted octanol–water partition coefficient (Wildman–Crippen LogP) is 0.414. The van der Waals surface area contributed by atoms with Crippen LogP contribution >= 0.6 is 0 Å². The molecule has 5 heteroatoms. The van der Waals surface area contributed by atoms with Gasteiger partial charge in [0.05, 0.1) is 13.5 Å². The van der Waals surface area contributed by atoms with E-state index in [0.29, 0.717) is 6.54 Å². The van der Waals surface area contributed by atoms with Gasteiger partial charge in [0.2, 0.25) is 0 Å². The normalized spacial score (nSPS) is 28.8. The first-order valence-corrected chi connectivity index (χ1v) is 5.15. The number of carbonyl (C=O) groups is 2. The molecule has 0 aromatic heterocycles. The fourth-order valence-electron chi connectivity index (χ4n) is 2.14. The van der Waals surface area contributed by atoms with Crippen LogP contribution in [0, 0.1) is 11.8 Å². The molecule has 0 saturated carbocycles. The number of hydrogen-bond donors (Lipinski definition) is 2. The van der Waals surface area contributed by atoms with Crippen LogP contribution in [-0.2, 0) is 14.3 Å². The van der Waals surface area contributed by atoms with Gasteiger partial charge in [-0.15, -0.1) is 0 Å². The molecule has 0 aromatic rings. The summed E-state index contributed by atoms with van der Waals surface area (Å²) in [6.07, 6.45) is 0.109. The first-order chi connectivity index (χ1) is 7.47. The Kier molecular flexibility index (Phi) is 4.06. The lowest BCUT2D eigenvalue weighted by molar-refractivity contribution is -0.144. The molecule has 1 heterocycles. The maximum absolute atomic E-state index is 11.2. The zero-order valence-corrected chi connectivity index (χ0v) is 9.53. The van der Waals surface area contributed by atoms with Gasteiger partial charge in [0.1, 0.15) is 6.04 Å². The highest BCUT2D eigenvalue weighted by Crippen LogP contribution is 2.31. The molecule has 90 valence electrons. The van der Waals surface area contributed by atoms with Gasteiger partial charge in [0, 0.05) is 12.5 Å². The maximum atomic E-state index is 11.2. The van der Waals surface area contributed by atoms with E-state index in [1.165, 1.54) is 7.11 Å². The molecule has 0 spiro atoms. The van der Waals surface area contributed by atoms with Crippen LogP contribution in [0.3, 0.4) is 0 Å². The Balaban J connectivity index is 2.80. The number of aliphatic carboxylic acids is 1. The maximum Gasteiger partial charge on any atom is 0.321 e. The fraction of sp³-hybridized carbons (Fsp3) is 0.636. The Morgan fingerprint density at radius 1 is 1.56 bits per heavy atom. The van der Waals surface area contributed by atoms with Gasteiger partial charge in [0.15, 0.2) is 0 Å². The van der Waals surface area contributed by atoms with Gasteiger partial charge < -0.3 is 15.2 Å².